The fourth-order valence-corrected chi connectivity index (χ4v) is 4.15. The minimum Gasteiger partial charge on any atom is -0.312 e. The summed E-state index contributed by atoms with van der Waals surface area (Å²) in [6.07, 6.45) is 3.88. The van der Waals surface area contributed by atoms with Crippen molar-refractivity contribution in [2.24, 2.45) is 0 Å². The third kappa shape index (κ3) is 2.73. The lowest BCUT2D eigenvalue weighted by molar-refractivity contribution is -0.118. The van der Waals surface area contributed by atoms with Gasteiger partial charge in [-0.25, -0.2) is 0 Å². The molecule has 1 amide bonds. The van der Waals surface area contributed by atoms with Crippen LogP contribution in [0.5, 0.6) is 0 Å². The predicted molar refractivity (Wildman–Crippen MR) is 97.3 cm³/mol. The first kappa shape index (κ1) is 15.4. The normalized spacial score (nSPS) is 18.8. The zero-order chi connectivity index (χ0) is 16.5. The van der Waals surface area contributed by atoms with Crippen molar-refractivity contribution >= 4 is 11.6 Å². The van der Waals surface area contributed by atoms with Crippen LogP contribution in [0, 0.1) is 0 Å². The van der Waals surface area contributed by atoms with Gasteiger partial charge in [-0.05, 0) is 49.1 Å². The van der Waals surface area contributed by atoms with E-state index in [-0.39, 0.29) is 5.91 Å². The molecule has 0 saturated carbocycles. The number of benzene rings is 2. The second-order valence-corrected chi connectivity index (χ2v) is 6.91. The van der Waals surface area contributed by atoms with Gasteiger partial charge in [0.2, 0.25) is 5.91 Å². The summed E-state index contributed by atoms with van der Waals surface area (Å²) in [7, 11) is 2.15. The van der Waals surface area contributed by atoms with Crippen molar-refractivity contribution < 1.29 is 4.79 Å². The second kappa shape index (κ2) is 6.40. The molecule has 3 nitrogen and oxygen atoms in total. The maximum atomic E-state index is 12.7. The van der Waals surface area contributed by atoms with E-state index in [0.29, 0.717) is 12.5 Å². The number of anilines is 1. The molecule has 0 saturated heterocycles. The number of para-hydroxylation sites is 1. The molecule has 4 rings (SSSR count). The Bertz CT molecular complexity index is 755. The molecular formula is C21H24N2O. The zero-order valence-corrected chi connectivity index (χ0v) is 14.2. The Morgan fingerprint density at radius 3 is 2.71 bits per heavy atom. The van der Waals surface area contributed by atoms with Gasteiger partial charge >= 0.3 is 0 Å². The summed E-state index contributed by atoms with van der Waals surface area (Å²) in [5.74, 6) is 0.248. The Hall–Kier alpha value is -2.13. The number of amides is 1. The summed E-state index contributed by atoms with van der Waals surface area (Å²) in [5.41, 5.74) is 5.31. The van der Waals surface area contributed by atoms with E-state index in [0.717, 1.165) is 38.0 Å². The Morgan fingerprint density at radius 2 is 1.83 bits per heavy atom. The van der Waals surface area contributed by atoms with Gasteiger partial charge < -0.3 is 4.90 Å². The van der Waals surface area contributed by atoms with Crippen LogP contribution in [0.2, 0.25) is 0 Å². The fraction of sp³-hybridized carbons (Fsp3) is 0.381. The first-order chi connectivity index (χ1) is 11.7. The predicted octanol–water partition coefficient (Wildman–Crippen LogP) is 3.59. The third-order valence-corrected chi connectivity index (χ3v) is 5.50. The highest BCUT2D eigenvalue weighted by Crippen LogP contribution is 2.35. The molecule has 2 aromatic carbocycles. The highest BCUT2D eigenvalue weighted by Gasteiger charge is 2.27. The molecule has 1 atom stereocenters. The number of hydrogen-bond acceptors (Lipinski definition) is 2. The number of carbonyl (C=O) groups excluding carboxylic acids is 1. The first-order valence-corrected chi connectivity index (χ1v) is 8.90. The smallest absolute Gasteiger partial charge is 0.228 e. The summed E-state index contributed by atoms with van der Waals surface area (Å²) in [6, 6.07) is 17.4. The van der Waals surface area contributed by atoms with Crippen molar-refractivity contribution in [3.05, 3.63) is 65.2 Å². The quantitative estimate of drug-likeness (QED) is 0.859. The van der Waals surface area contributed by atoms with Crippen LogP contribution in [0.3, 0.4) is 0 Å². The van der Waals surface area contributed by atoms with E-state index in [1.54, 1.807) is 0 Å². The van der Waals surface area contributed by atoms with E-state index in [1.165, 1.54) is 16.7 Å². The van der Waals surface area contributed by atoms with Crippen molar-refractivity contribution in [1.29, 1.82) is 0 Å². The molecule has 0 spiro atoms. The number of carbonyl (C=O) groups is 1. The Morgan fingerprint density at radius 1 is 1.08 bits per heavy atom. The van der Waals surface area contributed by atoms with Crippen molar-refractivity contribution in [3.63, 3.8) is 0 Å². The molecule has 0 unspecified atom stereocenters. The molecule has 0 radical (unpaired) electrons. The summed E-state index contributed by atoms with van der Waals surface area (Å²) >= 11 is 0. The van der Waals surface area contributed by atoms with Crippen LogP contribution < -0.4 is 4.90 Å². The Kier molecular flexibility index (Phi) is 4.11. The van der Waals surface area contributed by atoms with Crippen LogP contribution in [-0.4, -0.2) is 30.9 Å². The van der Waals surface area contributed by atoms with Gasteiger partial charge in [-0.3, -0.25) is 9.69 Å². The summed E-state index contributed by atoms with van der Waals surface area (Å²) in [6.45, 7) is 1.64. The van der Waals surface area contributed by atoms with Crippen LogP contribution in [-0.2, 0) is 17.6 Å². The van der Waals surface area contributed by atoms with Gasteiger partial charge in [0.25, 0.3) is 0 Å². The van der Waals surface area contributed by atoms with Gasteiger partial charge in [0, 0.05) is 31.2 Å². The van der Waals surface area contributed by atoms with E-state index in [1.807, 2.05) is 11.0 Å². The minimum absolute atomic E-state index is 0.248. The van der Waals surface area contributed by atoms with E-state index in [2.05, 4.69) is 54.4 Å². The Labute approximate surface area is 143 Å². The highest BCUT2D eigenvalue weighted by molar-refractivity contribution is 5.95. The topological polar surface area (TPSA) is 23.6 Å². The van der Waals surface area contributed by atoms with Gasteiger partial charge in [-0.15, -0.1) is 0 Å². The molecule has 3 heteroatoms. The van der Waals surface area contributed by atoms with Crippen molar-refractivity contribution in [2.75, 3.05) is 25.0 Å². The average molecular weight is 320 g/mol. The van der Waals surface area contributed by atoms with Gasteiger partial charge in [-0.2, -0.15) is 0 Å². The molecule has 1 aliphatic heterocycles. The largest absolute Gasteiger partial charge is 0.312 e. The average Bonchev–Trinajstić information content (AvgIpc) is 3.23. The molecule has 0 aromatic heterocycles. The fourth-order valence-electron chi connectivity index (χ4n) is 4.15. The zero-order valence-electron chi connectivity index (χ0n) is 14.2. The molecule has 2 aliphatic rings. The van der Waals surface area contributed by atoms with Crippen LogP contribution in [0.15, 0.2) is 48.5 Å². The van der Waals surface area contributed by atoms with E-state index < -0.39 is 0 Å². The van der Waals surface area contributed by atoms with E-state index in [9.17, 15) is 4.79 Å². The maximum Gasteiger partial charge on any atom is 0.228 e. The number of fused-ring (bicyclic) bond motifs is 2. The van der Waals surface area contributed by atoms with Crippen LogP contribution in [0.1, 0.15) is 35.6 Å². The first-order valence-electron chi connectivity index (χ1n) is 8.90. The lowest BCUT2D eigenvalue weighted by Crippen LogP contribution is -2.33. The monoisotopic (exact) mass is 320 g/mol. The minimum atomic E-state index is 0.248. The molecular weight excluding hydrogens is 296 g/mol. The van der Waals surface area contributed by atoms with Crippen molar-refractivity contribution in [3.8, 4) is 0 Å². The van der Waals surface area contributed by atoms with Crippen LogP contribution in [0.4, 0.5) is 5.69 Å². The SMILES string of the molecule is CN(CCC(=O)N1CCc2ccccc21)[C@H]1CCc2ccccc21. The number of nitrogens with zero attached hydrogens (tertiary/aromatic N) is 2. The van der Waals surface area contributed by atoms with Crippen molar-refractivity contribution in [2.45, 2.75) is 31.7 Å². The lowest BCUT2D eigenvalue weighted by atomic mass is 10.1. The van der Waals surface area contributed by atoms with Gasteiger partial charge in [0.05, 0.1) is 0 Å². The molecule has 1 heterocycles. The molecule has 0 bridgehead atoms. The molecule has 24 heavy (non-hydrogen) atoms. The number of hydrogen-bond donors (Lipinski definition) is 0. The lowest BCUT2D eigenvalue weighted by Gasteiger charge is -2.26. The molecule has 0 fully saturated rings. The number of aryl methyl sites for hydroxylation is 1. The molecule has 2 aromatic rings. The van der Waals surface area contributed by atoms with Crippen LogP contribution in [0.25, 0.3) is 0 Å². The summed E-state index contributed by atoms with van der Waals surface area (Å²) in [4.78, 5) is 17.0. The second-order valence-electron chi connectivity index (χ2n) is 6.91. The van der Waals surface area contributed by atoms with E-state index >= 15 is 0 Å². The third-order valence-electron chi connectivity index (χ3n) is 5.50. The van der Waals surface area contributed by atoms with E-state index in [4.69, 9.17) is 0 Å². The standard InChI is InChI=1S/C21H24N2O/c1-22(20-11-10-16-6-2-4-8-18(16)20)14-13-21(24)23-15-12-17-7-3-5-9-19(17)23/h2-9,20H,10-15H2,1H3/t20-/m0/s1. The molecule has 0 N–H and O–H groups in total. The summed E-state index contributed by atoms with van der Waals surface area (Å²) in [5, 5.41) is 0. The number of rotatable bonds is 4. The molecule has 124 valence electrons. The van der Waals surface area contributed by atoms with Gasteiger partial charge in [0.15, 0.2) is 0 Å². The maximum absolute atomic E-state index is 12.7. The summed E-state index contributed by atoms with van der Waals surface area (Å²) < 4.78 is 0. The molecule has 1 aliphatic carbocycles. The van der Waals surface area contributed by atoms with Crippen LogP contribution >= 0.6 is 0 Å². The Balaban J connectivity index is 1.38. The highest BCUT2D eigenvalue weighted by atomic mass is 16.2. The van der Waals surface area contributed by atoms with Crippen molar-refractivity contribution in [1.82, 2.24) is 4.90 Å². The van der Waals surface area contributed by atoms with Gasteiger partial charge in [-0.1, -0.05) is 42.5 Å². The van der Waals surface area contributed by atoms with Gasteiger partial charge in [0.1, 0.15) is 0 Å².